The van der Waals surface area contributed by atoms with Gasteiger partial charge in [-0.05, 0) is 19.4 Å². The van der Waals surface area contributed by atoms with Gasteiger partial charge in [-0.15, -0.1) is 0 Å². The van der Waals surface area contributed by atoms with Crippen molar-refractivity contribution < 1.29 is 9.53 Å². The molecule has 1 aliphatic rings. The molecule has 1 heterocycles. The van der Waals surface area contributed by atoms with Crippen LogP contribution in [0.25, 0.3) is 0 Å². The zero-order chi connectivity index (χ0) is 14.7. The Hall–Kier alpha value is -0.610. The molecule has 1 aliphatic heterocycles. The highest BCUT2D eigenvalue weighted by Crippen LogP contribution is 2.10. The average Bonchev–Trinajstić information content (AvgIpc) is 2.45. The number of amides is 1. The van der Waals surface area contributed by atoms with Crippen LogP contribution in [0.2, 0.25) is 0 Å². The van der Waals surface area contributed by atoms with E-state index in [1.165, 1.54) is 19.4 Å². The highest BCUT2D eigenvalue weighted by Gasteiger charge is 2.20. The van der Waals surface area contributed by atoms with Crippen LogP contribution in [0.4, 0.5) is 0 Å². The van der Waals surface area contributed by atoms with E-state index in [1.807, 2.05) is 20.9 Å². The van der Waals surface area contributed by atoms with E-state index < -0.39 is 0 Å². The predicted octanol–water partition coefficient (Wildman–Crippen LogP) is 2.38. The van der Waals surface area contributed by atoms with Crippen LogP contribution in [-0.4, -0.2) is 61.6 Å². The summed E-state index contributed by atoms with van der Waals surface area (Å²) in [7, 11) is 1.85. The Kier molecular flexibility index (Phi) is 10.9. The summed E-state index contributed by atoms with van der Waals surface area (Å²) in [5, 5.41) is 0. The summed E-state index contributed by atoms with van der Waals surface area (Å²) in [6.07, 6.45) is 3.75. The van der Waals surface area contributed by atoms with Crippen LogP contribution >= 0.6 is 0 Å². The maximum absolute atomic E-state index is 11.1. The second-order valence-corrected chi connectivity index (χ2v) is 4.88. The van der Waals surface area contributed by atoms with Crippen molar-refractivity contribution in [3.8, 4) is 0 Å². The number of carbonyl (C=O) groups is 1. The van der Waals surface area contributed by atoms with Crippen LogP contribution in [0.3, 0.4) is 0 Å². The molecule has 1 amide bonds. The van der Waals surface area contributed by atoms with Crippen LogP contribution in [-0.2, 0) is 9.53 Å². The van der Waals surface area contributed by atoms with Crippen molar-refractivity contribution in [3.63, 3.8) is 0 Å². The maximum atomic E-state index is 11.1. The molecule has 1 saturated heterocycles. The molecule has 4 heteroatoms. The van der Waals surface area contributed by atoms with Gasteiger partial charge in [0.05, 0.1) is 12.7 Å². The van der Waals surface area contributed by atoms with E-state index in [2.05, 4.69) is 11.8 Å². The molecule has 1 fully saturated rings. The van der Waals surface area contributed by atoms with Gasteiger partial charge in [-0.3, -0.25) is 9.69 Å². The molecule has 0 aliphatic carbocycles. The van der Waals surface area contributed by atoms with Crippen LogP contribution in [0, 0.1) is 0 Å². The van der Waals surface area contributed by atoms with Gasteiger partial charge < -0.3 is 9.64 Å². The molecular formula is C15H32N2O2. The normalized spacial score (nSPS) is 19.5. The van der Waals surface area contributed by atoms with Crippen molar-refractivity contribution in [1.29, 1.82) is 0 Å². The average molecular weight is 272 g/mol. The maximum Gasteiger partial charge on any atom is 0.219 e. The fourth-order valence-corrected chi connectivity index (χ4v) is 2.03. The van der Waals surface area contributed by atoms with Gasteiger partial charge in [-0.1, -0.05) is 27.2 Å². The largest absolute Gasteiger partial charge is 0.375 e. The lowest BCUT2D eigenvalue weighted by Crippen LogP contribution is -2.44. The minimum Gasteiger partial charge on any atom is -0.375 e. The topological polar surface area (TPSA) is 32.8 Å². The van der Waals surface area contributed by atoms with Crippen molar-refractivity contribution in [2.45, 2.75) is 53.1 Å². The highest BCUT2D eigenvalue weighted by atomic mass is 16.5. The van der Waals surface area contributed by atoms with E-state index in [0.717, 1.165) is 32.7 Å². The van der Waals surface area contributed by atoms with Crippen molar-refractivity contribution >= 4 is 5.91 Å². The first-order valence-corrected chi connectivity index (χ1v) is 7.69. The smallest absolute Gasteiger partial charge is 0.219 e. The molecule has 4 nitrogen and oxygen atoms in total. The summed E-state index contributed by atoms with van der Waals surface area (Å²) in [6, 6.07) is 0. The van der Waals surface area contributed by atoms with Crippen LogP contribution in [0.15, 0.2) is 0 Å². The molecule has 0 aromatic heterocycles. The molecule has 0 spiro atoms. The van der Waals surface area contributed by atoms with Crippen LogP contribution < -0.4 is 0 Å². The number of carbonyl (C=O) groups excluding carboxylic acids is 1. The van der Waals surface area contributed by atoms with E-state index in [-0.39, 0.29) is 5.91 Å². The zero-order valence-electron chi connectivity index (χ0n) is 13.4. The Morgan fingerprint density at radius 1 is 1.42 bits per heavy atom. The van der Waals surface area contributed by atoms with E-state index in [9.17, 15) is 4.79 Å². The molecular weight excluding hydrogens is 240 g/mol. The number of ether oxygens (including phenoxy) is 1. The molecule has 0 radical (unpaired) electrons. The lowest BCUT2D eigenvalue weighted by molar-refractivity contribution is -0.128. The minimum atomic E-state index is 0.128. The molecule has 0 unspecified atom stereocenters. The number of unbranched alkanes of at least 4 members (excludes halogenated alkanes) is 1. The molecule has 1 atom stereocenters. The van der Waals surface area contributed by atoms with E-state index in [1.54, 1.807) is 11.8 Å². The van der Waals surface area contributed by atoms with E-state index in [4.69, 9.17) is 4.74 Å². The van der Waals surface area contributed by atoms with Crippen molar-refractivity contribution in [2.24, 2.45) is 0 Å². The molecule has 0 aromatic carbocycles. The van der Waals surface area contributed by atoms with Gasteiger partial charge in [-0.2, -0.15) is 0 Å². The zero-order valence-corrected chi connectivity index (χ0v) is 13.4. The fourth-order valence-electron chi connectivity index (χ4n) is 2.03. The molecule has 0 N–H and O–H groups in total. The van der Waals surface area contributed by atoms with E-state index in [0.29, 0.717) is 6.10 Å². The Morgan fingerprint density at radius 3 is 2.68 bits per heavy atom. The lowest BCUT2D eigenvalue weighted by Gasteiger charge is -2.33. The van der Waals surface area contributed by atoms with E-state index >= 15 is 0 Å². The monoisotopic (exact) mass is 272 g/mol. The van der Waals surface area contributed by atoms with Gasteiger partial charge in [0.2, 0.25) is 5.91 Å². The highest BCUT2D eigenvalue weighted by molar-refractivity contribution is 5.72. The van der Waals surface area contributed by atoms with Gasteiger partial charge >= 0.3 is 0 Å². The number of hydrogen-bond donors (Lipinski definition) is 0. The van der Waals surface area contributed by atoms with Gasteiger partial charge in [0.15, 0.2) is 0 Å². The first kappa shape index (κ1) is 18.4. The number of morpholine rings is 1. The van der Waals surface area contributed by atoms with Crippen LogP contribution in [0.5, 0.6) is 0 Å². The molecule has 0 aromatic rings. The summed E-state index contributed by atoms with van der Waals surface area (Å²) in [5.74, 6) is 0.128. The standard InChI is InChI=1S/C13H26N2O2.C2H6/c1-4-5-7-15-9-10-17-13(11-15)6-8-14(3)12(2)16;1-2/h13H,4-11H2,1-3H3;1-2H3/t13-;/m1./s1. The van der Waals surface area contributed by atoms with Crippen molar-refractivity contribution in [1.82, 2.24) is 9.80 Å². The number of nitrogens with zero attached hydrogens (tertiary/aromatic N) is 2. The Labute approximate surface area is 119 Å². The van der Waals surface area contributed by atoms with Crippen molar-refractivity contribution in [2.75, 3.05) is 39.8 Å². The molecule has 1 rings (SSSR count). The Bertz CT molecular complexity index is 234. The van der Waals surface area contributed by atoms with Crippen molar-refractivity contribution in [3.05, 3.63) is 0 Å². The fraction of sp³-hybridized carbons (Fsp3) is 0.933. The first-order valence-electron chi connectivity index (χ1n) is 7.69. The predicted molar refractivity (Wildman–Crippen MR) is 80.4 cm³/mol. The second kappa shape index (κ2) is 11.2. The van der Waals surface area contributed by atoms with Crippen LogP contribution in [0.1, 0.15) is 47.0 Å². The lowest BCUT2D eigenvalue weighted by atomic mass is 10.2. The Morgan fingerprint density at radius 2 is 2.11 bits per heavy atom. The van der Waals surface area contributed by atoms with Gasteiger partial charge in [-0.25, -0.2) is 0 Å². The Balaban J connectivity index is 0.00000154. The summed E-state index contributed by atoms with van der Waals surface area (Å²) >= 11 is 0. The summed E-state index contributed by atoms with van der Waals surface area (Å²) in [5.41, 5.74) is 0. The SMILES string of the molecule is CC.CCCCN1CCO[C@H](CCN(C)C(C)=O)C1. The molecule has 19 heavy (non-hydrogen) atoms. The minimum absolute atomic E-state index is 0.128. The van der Waals surface area contributed by atoms with Gasteiger partial charge in [0, 0.05) is 33.6 Å². The van der Waals surface area contributed by atoms with Gasteiger partial charge in [0.1, 0.15) is 0 Å². The third-order valence-corrected chi connectivity index (χ3v) is 3.37. The summed E-state index contributed by atoms with van der Waals surface area (Å²) < 4.78 is 5.74. The quantitative estimate of drug-likeness (QED) is 0.744. The van der Waals surface area contributed by atoms with Gasteiger partial charge in [0.25, 0.3) is 0 Å². The molecule has 114 valence electrons. The number of rotatable bonds is 6. The molecule has 0 bridgehead atoms. The second-order valence-electron chi connectivity index (χ2n) is 4.88. The molecule has 0 saturated carbocycles. The third-order valence-electron chi connectivity index (χ3n) is 3.37. The first-order chi connectivity index (χ1) is 9.13. The third kappa shape index (κ3) is 8.22. The summed E-state index contributed by atoms with van der Waals surface area (Å²) in [6.45, 7) is 12.7. The summed E-state index contributed by atoms with van der Waals surface area (Å²) in [4.78, 5) is 15.3. The number of hydrogen-bond acceptors (Lipinski definition) is 3.